The first-order valence-electron chi connectivity index (χ1n) is 6.08. The fourth-order valence-electron chi connectivity index (χ4n) is 1.76. The molecule has 0 heterocycles. The van der Waals surface area contributed by atoms with E-state index in [4.69, 9.17) is 4.74 Å². The lowest BCUT2D eigenvalue weighted by atomic mass is 9.88. The summed E-state index contributed by atoms with van der Waals surface area (Å²) < 4.78 is 17.5. The second kappa shape index (κ2) is 6.34. The standard InChI is InChI=1S/C14H23NO2S/c1-14(2,3)13(15-4)10-18(16)12-8-6-7-11(9-12)17-5/h6-9,13,15H,10H2,1-5H3. The molecule has 2 unspecified atom stereocenters. The maximum absolute atomic E-state index is 12.3. The molecule has 1 aromatic carbocycles. The minimum Gasteiger partial charge on any atom is -0.497 e. The zero-order chi connectivity index (χ0) is 13.8. The van der Waals surface area contributed by atoms with Crippen molar-refractivity contribution in [2.45, 2.75) is 31.7 Å². The van der Waals surface area contributed by atoms with E-state index < -0.39 is 10.8 Å². The highest BCUT2D eigenvalue weighted by Crippen LogP contribution is 2.22. The molecule has 1 aromatic rings. The lowest BCUT2D eigenvalue weighted by Crippen LogP contribution is -2.42. The second-order valence-electron chi connectivity index (χ2n) is 5.40. The van der Waals surface area contributed by atoms with Gasteiger partial charge in [-0.3, -0.25) is 4.21 Å². The van der Waals surface area contributed by atoms with Gasteiger partial charge in [-0.25, -0.2) is 0 Å². The Morgan fingerprint density at radius 1 is 1.39 bits per heavy atom. The van der Waals surface area contributed by atoms with Gasteiger partial charge in [-0.05, 0) is 30.7 Å². The lowest BCUT2D eigenvalue weighted by Gasteiger charge is -2.30. The van der Waals surface area contributed by atoms with Gasteiger partial charge in [0.25, 0.3) is 0 Å². The molecular weight excluding hydrogens is 246 g/mol. The van der Waals surface area contributed by atoms with Crippen LogP contribution in [0.25, 0.3) is 0 Å². The number of hydrogen-bond acceptors (Lipinski definition) is 3. The smallest absolute Gasteiger partial charge is 0.120 e. The Labute approximate surface area is 112 Å². The predicted octanol–water partition coefficient (Wildman–Crippen LogP) is 2.44. The maximum atomic E-state index is 12.3. The molecule has 2 atom stereocenters. The Morgan fingerprint density at radius 3 is 2.56 bits per heavy atom. The number of nitrogens with one attached hydrogen (secondary N) is 1. The Hall–Kier alpha value is -0.870. The molecule has 0 saturated carbocycles. The zero-order valence-electron chi connectivity index (χ0n) is 11.8. The van der Waals surface area contributed by atoms with Crippen LogP contribution in [0, 0.1) is 5.41 Å². The summed E-state index contributed by atoms with van der Waals surface area (Å²) in [6.07, 6.45) is 0. The fourth-order valence-corrected chi connectivity index (χ4v) is 3.40. The Bertz CT molecular complexity index is 413. The Balaban J connectivity index is 2.81. The third kappa shape index (κ3) is 4.10. The van der Waals surface area contributed by atoms with E-state index >= 15 is 0 Å². The van der Waals surface area contributed by atoms with E-state index in [2.05, 4.69) is 26.1 Å². The molecule has 0 radical (unpaired) electrons. The van der Waals surface area contributed by atoms with Gasteiger partial charge in [0.15, 0.2) is 0 Å². The first-order chi connectivity index (χ1) is 8.38. The van der Waals surface area contributed by atoms with Crippen LogP contribution in [0.1, 0.15) is 20.8 Å². The van der Waals surface area contributed by atoms with E-state index in [1.165, 1.54) is 0 Å². The van der Waals surface area contributed by atoms with Crippen molar-refractivity contribution in [3.63, 3.8) is 0 Å². The molecule has 0 aliphatic carbocycles. The summed E-state index contributed by atoms with van der Waals surface area (Å²) in [5.41, 5.74) is 0.0866. The minimum absolute atomic E-state index is 0.0866. The number of hydrogen-bond donors (Lipinski definition) is 1. The average Bonchev–Trinajstić information content (AvgIpc) is 2.34. The molecule has 3 nitrogen and oxygen atoms in total. The van der Waals surface area contributed by atoms with Crippen molar-refractivity contribution in [2.75, 3.05) is 19.9 Å². The van der Waals surface area contributed by atoms with Crippen LogP contribution in [0.5, 0.6) is 5.75 Å². The molecule has 1 rings (SSSR count). The highest BCUT2D eigenvalue weighted by atomic mass is 32.2. The summed E-state index contributed by atoms with van der Waals surface area (Å²) in [4.78, 5) is 0.818. The van der Waals surface area contributed by atoms with Gasteiger partial charge >= 0.3 is 0 Å². The summed E-state index contributed by atoms with van der Waals surface area (Å²) in [5.74, 6) is 1.35. The Morgan fingerprint density at radius 2 is 2.06 bits per heavy atom. The summed E-state index contributed by atoms with van der Waals surface area (Å²) >= 11 is 0. The largest absolute Gasteiger partial charge is 0.497 e. The quantitative estimate of drug-likeness (QED) is 0.892. The summed E-state index contributed by atoms with van der Waals surface area (Å²) in [6.45, 7) is 6.45. The van der Waals surface area contributed by atoms with Gasteiger partial charge in [-0.1, -0.05) is 26.8 Å². The van der Waals surface area contributed by atoms with Crippen LogP contribution >= 0.6 is 0 Å². The highest BCUT2D eigenvalue weighted by molar-refractivity contribution is 7.85. The number of ether oxygens (including phenoxy) is 1. The van der Waals surface area contributed by atoms with E-state index in [0.29, 0.717) is 5.75 Å². The van der Waals surface area contributed by atoms with E-state index in [1.807, 2.05) is 31.3 Å². The van der Waals surface area contributed by atoms with Crippen LogP contribution in [0.3, 0.4) is 0 Å². The van der Waals surface area contributed by atoms with E-state index in [1.54, 1.807) is 7.11 Å². The van der Waals surface area contributed by atoms with Gasteiger partial charge in [0.2, 0.25) is 0 Å². The van der Waals surface area contributed by atoms with Gasteiger partial charge < -0.3 is 10.1 Å². The van der Waals surface area contributed by atoms with Crippen LogP contribution in [0.2, 0.25) is 0 Å². The van der Waals surface area contributed by atoms with Gasteiger partial charge in [0.05, 0.1) is 17.9 Å². The van der Waals surface area contributed by atoms with Gasteiger partial charge in [-0.15, -0.1) is 0 Å². The summed E-state index contributed by atoms with van der Waals surface area (Å²) in [5, 5.41) is 3.25. The highest BCUT2D eigenvalue weighted by Gasteiger charge is 2.25. The van der Waals surface area contributed by atoms with Gasteiger partial charge in [0, 0.05) is 16.7 Å². The van der Waals surface area contributed by atoms with Crippen molar-refractivity contribution in [3.8, 4) is 5.75 Å². The van der Waals surface area contributed by atoms with Crippen LogP contribution in [0.15, 0.2) is 29.2 Å². The van der Waals surface area contributed by atoms with Crippen LogP contribution in [-0.2, 0) is 10.8 Å². The molecule has 0 aliphatic rings. The summed E-state index contributed by atoms with van der Waals surface area (Å²) in [6, 6.07) is 7.67. The lowest BCUT2D eigenvalue weighted by molar-refractivity contribution is 0.304. The van der Waals surface area contributed by atoms with Crippen LogP contribution in [-0.4, -0.2) is 30.2 Å². The van der Waals surface area contributed by atoms with E-state index in [9.17, 15) is 4.21 Å². The first-order valence-corrected chi connectivity index (χ1v) is 7.40. The van der Waals surface area contributed by atoms with Crippen LogP contribution in [0.4, 0.5) is 0 Å². The fraction of sp³-hybridized carbons (Fsp3) is 0.571. The molecule has 0 bridgehead atoms. The molecule has 4 heteroatoms. The SMILES string of the molecule is CNC(CS(=O)c1cccc(OC)c1)C(C)(C)C. The molecule has 0 saturated heterocycles. The maximum Gasteiger partial charge on any atom is 0.120 e. The van der Waals surface area contributed by atoms with Crippen molar-refractivity contribution in [1.82, 2.24) is 5.32 Å². The van der Waals surface area contributed by atoms with E-state index in [0.717, 1.165) is 10.6 Å². The topological polar surface area (TPSA) is 38.3 Å². The first kappa shape index (κ1) is 15.2. The molecule has 0 spiro atoms. The normalized spacial score (nSPS) is 15.2. The third-order valence-electron chi connectivity index (χ3n) is 3.02. The molecule has 0 aromatic heterocycles. The van der Waals surface area contributed by atoms with Gasteiger partial charge in [-0.2, -0.15) is 0 Å². The van der Waals surface area contributed by atoms with Crippen molar-refractivity contribution >= 4 is 10.8 Å². The monoisotopic (exact) mass is 269 g/mol. The van der Waals surface area contributed by atoms with Crippen LogP contribution < -0.4 is 10.1 Å². The number of rotatable bonds is 5. The van der Waals surface area contributed by atoms with Crippen molar-refractivity contribution in [1.29, 1.82) is 0 Å². The zero-order valence-corrected chi connectivity index (χ0v) is 12.6. The molecule has 102 valence electrons. The molecule has 0 aliphatic heterocycles. The number of benzene rings is 1. The number of methoxy groups -OCH3 is 1. The van der Waals surface area contributed by atoms with Gasteiger partial charge in [0.1, 0.15) is 5.75 Å². The molecular formula is C14H23NO2S. The predicted molar refractivity (Wildman–Crippen MR) is 76.6 cm³/mol. The average molecular weight is 269 g/mol. The molecule has 0 amide bonds. The summed E-state index contributed by atoms with van der Waals surface area (Å²) in [7, 11) is 2.52. The minimum atomic E-state index is -1.01. The van der Waals surface area contributed by atoms with Crippen molar-refractivity contribution in [2.24, 2.45) is 5.41 Å². The third-order valence-corrected chi connectivity index (χ3v) is 4.43. The molecule has 0 fully saturated rings. The molecule has 18 heavy (non-hydrogen) atoms. The van der Waals surface area contributed by atoms with Crippen molar-refractivity contribution < 1.29 is 8.95 Å². The molecule has 1 N–H and O–H groups in total. The van der Waals surface area contributed by atoms with Crippen molar-refractivity contribution in [3.05, 3.63) is 24.3 Å². The van der Waals surface area contributed by atoms with E-state index in [-0.39, 0.29) is 11.5 Å². The second-order valence-corrected chi connectivity index (χ2v) is 6.89. The Kier molecular flexibility index (Phi) is 5.35.